The highest BCUT2D eigenvalue weighted by molar-refractivity contribution is 6.01. The van der Waals surface area contributed by atoms with Crippen LogP contribution in [0.2, 0.25) is 0 Å². The van der Waals surface area contributed by atoms with Gasteiger partial charge in [-0.25, -0.2) is 0 Å². The predicted molar refractivity (Wildman–Crippen MR) is 155 cm³/mol. The second kappa shape index (κ2) is 8.26. The Bertz CT molecular complexity index is 1460. The molecule has 0 spiro atoms. The highest BCUT2D eigenvalue weighted by atomic mass is 16.2. The number of rotatable bonds is 3. The van der Waals surface area contributed by atoms with E-state index in [1.807, 2.05) is 64.1 Å². The minimum Gasteiger partial charge on any atom is -0.364 e. The van der Waals surface area contributed by atoms with Gasteiger partial charge in [-0.15, -0.1) is 0 Å². The Morgan fingerprint density at radius 1 is 0.619 bits per heavy atom. The molecule has 4 fully saturated rings. The van der Waals surface area contributed by atoms with Crippen molar-refractivity contribution in [1.82, 2.24) is 20.4 Å². The van der Waals surface area contributed by atoms with Gasteiger partial charge in [0.05, 0.1) is 10.8 Å². The molecular formula is C32H36N6O4. The molecule has 42 heavy (non-hydrogen) atoms. The van der Waals surface area contributed by atoms with Crippen molar-refractivity contribution in [2.24, 2.45) is 11.8 Å². The molecule has 6 aliphatic rings. The second-order valence-electron chi connectivity index (χ2n) is 13.5. The normalized spacial score (nSPS) is 37.4. The van der Waals surface area contributed by atoms with Crippen LogP contribution in [0.3, 0.4) is 0 Å². The Hall–Kier alpha value is -4.08. The zero-order chi connectivity index (χ0) is 29.3. The van der Waals surface area contributed by atoms with E-state index in [0.717, 1.165) is 22.5 Å². The van der Waals surface area contributed by atoms with Gasteiger partial charge in [0, 0.05) is 11.4 Å². The second-order valence-corrected chi connectivity index (χ2v) is 13.5. The minimum absolute atomic E-state index is 0.0734. The summed E-state index contributed by atoms with van der Waals surface area (Å²) in [5.41, 5.74) is 2.26. The van der Waals surface area contributed by atoms with Crippen molar-refractivity contribution in [2.45, 2.75) is 87.9 Å². The fraction of sp³-hybridized carbons (Fsp3) is 0.500. The van der Waals surface area contributed by atoms with Crippen molar-refractivity contribution in [3.63, 3.8) is 0 Å². The maximum atomic E-state index is 14.2. The summed E-state index contributed by atoms with van der Waals surface area (Å²) in [5, 5.41) is 13.4. The van der Waals surface area contributed by atoms with Crippen molar-refractivity contribution in [3.05, 3.63) is 59.7 Å². The van der Waals surface area contributed by atoms with Crippen LogP contribution in [0, 0.1) is 11.8 Å². The Labute approximate surface area is 244 Å². The molecule has 0 aromatic heterocycles. The van der Waals surface area contributed by atoms with Crippen molar-refractivity contribution >= 4 is 35.0 Å². The number of hydrogen-bond donors (Lipinski definition) is 4. The van der Waals surface area contributed by atoms with Crippen LogP contribution in [0.25, 0.3) is 0 Å². The van der Waals surface area contributed by atoms with E-state index in [9.17, 15) is 19.2 Å². The van der Waals surface area contributed by atoms with E-state index in [1.165, 1.54) is 0 Å². The summed E-state index contributed by atoms with van der Waals surface area (Å²) in [6, 6.07) is 13.6. The number of piperazine rings is 2. The van der Waals surface area contributed by atoms with E-state index in [0.29, 0.717) is 12.8 Å². The van der Waals surface area contributed by atoms with Gasteiger partial charge < -0.3 is 31.1 Å². The highest BCUT2D eigenvalue weighted by Gasteiger charge is 2.78. The van der Waals surface area contributed by atoms with Gasteiger partial charge in [0.1, 0.15) is 36.5 Å². The quantitative estimate of drug-likeness (QED) is 0.449. The lowest BCUT2D eigenvalue weighted by Gasteiger charge is -2.48. The molecule has 0 bridgehead atoms. The summed E-state index contributed by atoms with van der Waals surface area (Å²) >= 11 is 0. The maximum Gasteiger partial charge on any atom is 0.247 e. The summed E-state index contributed by atoms with van der Waals surface area (Å²) in [5.74, 6) is -0.654. The van der Waals surface area contributed by atoms with Gasteiger partial charge in [-0.3, -0.25) is 19.2 Å². The number of amides is 4. The number of benzene rings is 2. The van der Waals surface area contributed by atoms with Crippen LogP contribution >= 0.6 is 0 Å². The Morgan fingerprint density at radius 2 is 1.00 bits per heavy atom. The number of nitrogens with zero attached hydrogens (tertiary/aromatic N) is 2. The number of hydrogen-bond acceptors (Lipinski definition) is 6. The van der Waals surface area contributed by atoms with Gasteiger partial charge in [0.15, 0.2) is 0 Å². The third-order valence-electron chi connectivity index (χ3n) is 11.0. The molecular weight excluding hydrogens is 532 g/mol. The first kappa shape index (κ1) is 25.6. The van der Waals surface area contributed by atoms with E-state index in [1.54, 1.807) is 9.80 Å². The minimum atomic E-state index is -0.803. The van der Waals surface area contributed by atoms with Crippen molar-refractivity contribution in [2.75, 3.05) is 10.6 Å². The zero-order valence-electron chi connectivity index (χ0n) is 24.2. The van der Waals surface area contributed by atoms with Crippen molar-refractivity contribution in [3.8, 4) is 0 Å². The van der Waals surface area contributed by atoms with Gasteiger partial charge in [-0.2, -0.15) is 0 Å². The van der Waals surface area contributed by atoms with E-state index in [4.69, 9.17) is 0 Å². The van der Waals surface area contributed by atoms with Crippen molar-refractivity contribution in [1.29, 1.82) is 0 Å². The van der Waals surface area contributed by atoms with Crippen LogP contribution in [0.4, 0.5) is 11.4 Å². The molecule has 2 aromatic carbocycles. The van der Waals surface area contributed by atoms with E-state index >= 15 is 0 Å². The number of nitrogens with one attached hydrogen (secondary N) is 4. The van der Waals surface area contributed by atoms with Crippen LogP contribution in [-0.4, -0.2) is 69.9 Å². The number of anilines is 2. The lowest BCUT2D eigenvalue weighted by atomic mass is 9.54. The molecule has 6 heterocycles. The smallest absolute Gasteiger partial charge is 0.247 e. The van der Waals surface area contributed by atoms with E-state index in [2.05, 4.69) is 33.4 Å². The van der Waals surface area contributed by atoms with Gasteiger partial charge in [-0.05, 0) is 47.9 Å². The summed E-state index contributed by atoms with van der Waals surface area (Å²) in [4.78, 5) is 59.5. The largest absolute Gasteiger partial charge is 0.364 e. The fourth-order valence-electron chi connectivity index (χ4n) is 9.23. The molecule has 10 heteroatoms. The van der Waals surface area contributed by atoms with Gasteiger partial charge >= 0.3 is 0 Å². The fourth-order valence-corrected chi connectivity index (χ4v) is 9.23. The summed E-state index contributed by atoms with van der Waals surface area (Å²) in [7, 11) is 0. The lowest BCUT2D eigenvalue weighted by molar-refractivity contribution is -0.150. The van der Waals surface area contributed by atoms with Gasteiger partial charge in [0.2, 0.25) is 23.6 Å². The lowest BCUT2D eigenvalue weighted by Crippen LogP contribution is -2.67. The van der Waals surface area contributed by atoms with Crippen LogP contribution in [0.1, 0.15) is 51.7 Å². The first-order valence-corrected chi connectivity index (χ1v) is 15.1. The van der Waals surface area contributed by atoms with Gasteiger partial charge in [0.25, 0.3) is 0 Å². The van der Waals surface area contributed by atoms with Crippen LogP contribution in [-0.2, 0) is 30.0 Å². The third-order valence-corrected chi connectivity index (χ3v) is 11.0. The molecule has 6 aliphatic heterocycles. The average Bonchev–Trinajstić information content (AvgIpc) is 3.66. The Balaban J connectivity index is 1.39. The average molecular weight is 569 g/mol. The maximum absolute atomic E-state index is 14.2. The molecule has 8 rings (SSSR count). The summed E-state index contributed by atoms with van der Waals surface area (Å²) in [6.45, 7) is 7.78. The van der Waals surface area contributed by atoms with Crippen LogP contribution in [0.5, 0.6) is 0 Å². The predicted octanol–water partition coefficient (Wildman–Crippen LogP) is 1.88. The third kappa shape index (κ3) is 2.81. The number of para-hydroxylation sites is 2. The van der Waals surface area contributed by atoms with Crippen molar-refractivity contribution < 1.29 is 19.2 Å². The SMILES string of the molecule is CC(C)[C@@H]1NC(=O)[C@@H]2C[C@]3([C@]45C[C@H]6C(=O)N[C@@H](C(C)C)C(=O)N6[C@H]4Nc4ccccc45)c4ccccc4N[C@@H]3N2C1=O. The Morgan fingerprint density at radius 3 is 1.38 bits per heavy atom. The van der Waals surface area contributed by atoms with E-state index in [-0.39, 0.29) is 35.5 Å². The molecule has 2 aromatic rings. The number of fused-ring (bicyclic) bond motifs is 11. The first-order chi connectivity index (χ1) is 20.1. The molecule has 0 radical (unpaired) electrons. The molecule has 4 saturated heterocycles. The van der Waals surface area contributed by atoms with Crippen LogP contribution < -0.4 is 21.3 Å². The Kier molecular flexibility index (Phi) is 5.04. The molecule has 218 valence electrons. The number of carbonyl (C=O) groups is 4. The molecule has 0 unspecified atom stereocenters. The highest BCUT2D eigenvalue weighted by Crippen LogP contribution is 2.68. The zero-order valence-corrected chi connectivity index (χ0v) is 24.2. The van der Waals surface area contributed by atoms with E-state index < -0.39 is 47.3 Å². The molecule has 0 aliphatic carbocycles. The molecule has 8 atom stereocenters. The number of carbonyl (C=O) groups excluding carboxylic acids is 4. The monoisotopic (exact) mass is 568 g/mol. The topological polar surface area (TPSA) is 123 Å². The molecule has 0 saturated carbocycles. The van der Waals surface area contributed by atoms with Gasteiger partial charge in [-0.1, -0.05) is 64.1 Å². The summed E-state index contributed by atoms with van der Waals surface area (Å²) < 4.78 is 0. The molecule has 4 N–H and O–H groups in total. The standard InChI is InChI=1S/C32H36N6O4/c1-15(2)23-27(41)37-21(25(39)35-23)13-31(17-9-5-7-11-19(17)33-29(31)37)32-14-22-26(40)36-24(16(3)4)28(42)38(22)30(32)34-20-12-8-6-10-18(20)32/h5-12,15-16,21-24,29-30,33-34H,13-14H2,1-4H3,(H,35,39)(H,36,40)/t21-,22-,23-,24-,29+,30+,31-,32-/m0/s1. The molecule has 4 amide bonds. The first-order valence-electron chi connectivity index (χ1n) is 15.1. The van der Waals surface area contributed by atoms with Crippen LogP contribution in [0.15, 0.2) is 48.5 Å². The molecule has 10 nitrogen and oxygen atoms in total. The summed E-state index contributed by atoms with van der Waals surface area (Å²) in [6.07, 6.45) is -0.313.